The molecule has 6 heteroatoms. The molecule has 0 aliphatic carbocycles. The van der Waals surface area contributed by atoms with E-state index in [1.165, 1.54) is 6.07 Å². The van der Waals surface area contributed by atoms with Gasteiger partial charge in [-0.1, -0.05) is 11.6 Å². The highest BCUT2D eigenvalue weighted by atomic mass is 35.5. The molecule has 0 spiro atoms. The smallest absolute Gasteiger partial charge is 0.255 e. The van der Waals surface area contributed by atoms with Crippen LogP contribution in [0.3, 0.4) is 0 Å². The summed E-state index contributed by atoms with van der Waals surface area (Å²) in [5, 5.41) is 0.483. The Morgan fingerprint density at radius 1 is 1.07 bits per heavy atom. The molecule has 3 heterocycles. The van der Waals surface area contributed by atoms with Crippen LogP contribution in [0, 0.1) is 6.92 Å². The SMILES string of the molecule is Cc1ccncc1-c1ccc(=O)n(-c2cc(Cl)cc(N3CCCC3=O)c2)c1. The fraction of sp³-hybridized carbons (Fsp3) is 0.190. The molecule has 0 radical (unpaired) electrons. The van der Waals surface area contributed by atoms with E-state index in [4.69, 9.17) is 11.6 Å². The summed E-state index contributed by atoms with van der Waals surface area (Å²) in [7, 11) is 0. The average molecular weight is 380 g/mol. The first-order valence-corrected chi connectivity index (χ1v) is 9.16. The van der Waals surface area contributed by atoms with E-state index in [0.717, 1.165) is 28.8 Å². The van der Waals surface area contributed by atoms with Gasteiger partial charge in [-0.05, 0) is 49.2 Å². The molecule has 2 aromatic heterocycles. The predicted molar refractivity (Wildman–Crippen MR) is 107 cm³/mol. The lowest BCUT2D eigenvalue weighted by Crippen LogP contribution is -2.24. The van der Waals surface area contributed by atoms with Crippen LogP contribution in [-0.2, 0) is 4.79 Å². The van der Waals surface area contributed by atoms with Crippen LogP contribution in [0.15, 0.2) is 59.8 Å². The van der Waals surface area contributed by atoms with Crippen LogP contribution in [0.4, 0.5) is 5.69 Å². The number of rotatable bonds is 3. The van der Waals surface area contributed by atoms with E-state index in [0.29, 0.717) is 23.7 Å². The monoisotopic (exact) mass is 379 g/mol. The molecule has 1 aliphatic heterocycles. The van der Waals surface area contributed by atoms with E-state index in [-0.39, 0.29) is 11.5 Å². The van der Waals surface area contributed by atoms with Gasteiger partial charge < -0.3 is 4.90 Å². The van der Waals surface area contributed by atoms with Gasteiger partial charge in [0, 0.05) is 59.5 Å². The van der Waals surface area contributed by atoms with Crippen molar-refractivity contribution in [3.05, 3.63) is 75.9 Å². The van der Waals surface area contributed by atoms with Gasteiger partial charge in [0.25, 0.3) is 5.56 Å². The zero-order valence-corrected chi connectivity index (χ0v) is 15.6. The van der Waals surface area contributed by atoms with Crippen molar-refractivity contribution < 1.29 is 4.79 Å². The highest BCUT2D eigenvalue weighted by molar-refractivity contribution is 6.31. The van der Waals surface area contributed by atoms with Crippen molar-refractivity contribution in [3.63, 3.8) is 0 Å². The second-order valence-corrected chi connectivity index (χ2v) is 7.07. The van der Waals surface area contributed by atoms with Crippen molar-refractivity contribution >= 4 is 23.2 Å². The van der Waals surface area contributed by atoms with Gasteiger partial charge in [-0.2, -0.15) is 0 Å². The highest BCUT2D eigenvalue weighted by Crippen LogP contribution is 2.28. The van der Waals surface area contributed by atoms with Gasteiger partial charge in [-0.3, -0.25) is 19.1 Å². The molecule has 0 bridgehead atoms. The van der Waals surface area contributed by atoms with Crippen LogP contribution in [0.2, 0.25) is 5.02 Å². The molecule has 1 aliphatic rings. The first kappa shape index (κ1) is 17.5. The van der Waals surface area contributed by atoms with Gasteiger partial charge in [0.05, 0.1) is 5.69 Å². The normalized spacial score (nSPS) is 14.0. The van der Waals surface area contributed by atoms with Gasteiger partial charge >= 0.3 is 0 Å². The van der Waals surface area contributed by atoms with E-state index >= 15 is 0 Å². The molecular weight excluding hydrogens is 362 g/mol. The van der Waals surface area contributed by atoms with E-state index in [1.807, 2.05) is 19.1 Å². The molecule has 0 unspecified atom stereocenters. The van der Waals surface area contributed by atoms with Crippen molar-refractivity contribution in [1.82, 2.24) is 9.55 Å². The zero-order chi connectivity index (χ0) is 19.0. The summed E-state index contributed by atoms with van der Waals surface area (Å²) in [6, 6.07) is 10.6. The van der Waals surface area contributed by atoms with Crippen molar-refractivity contribution in [2.75, 3.05) is 11.4 Å². The molecule has 1 amide bonds. The lowest BCUT2D eigenvalue weighted by molar-refractivity contribution is -0.117. The molecule has 0 N–H and O–H groups in total. The molecule has 4 rings (SSSR count). The number of amides is 1. The number of pyridine rings is 2. The maximum absolute atomic E-state index is 12.5. The Morgan fingerprint density at radius 3 is 2.63 bits per heavy atom. The van der Waals surface area contributed by atoms with Crippen LogP contribution in [0.25, 0.3) is 16.8 Å². The van der Waals surface area contributed by atoms with Crippen LogP contribution in [-0.4, -0.2) is 22.0 Å². The summed E-state index contributed by atoms with van der Waals surface area (Å²) in [5.41, 5.74) is 4.11. The number of hydrogen-bond donors (Lipinski definition) is 0. The summed E-state index contributed by atoms with van der Waals surface area (Å²) in [5.74, 6) is 0.0790. The van der Waals surface area contributed by atoms with Crippen LogP contribution in [0.1, 0.15) is 18.4 Å². The lowest BCUT2D eigenvalue weighted by atomic mass is 10.1. The first-order valence-electron chi connectivity index (χ1n) is 8.78. The number of benzene rings is 1. The quantitative estimate of drug-likeness (QED) is 0.691. The number of hydrogen-bond acceptors (Lipinski definition) is 3. The zero-order valence-electron chi connectivity index (χ0n) is 14.9. The van der Waals surface area contributed by atoms with E-state index < -0.39 is 0 Å². The van der Waals surface area contributed by atoms with E-state index in [1.54, 1.807) is 46.3 Å². The molecule has 1 saturated heterocycles. The summed E-state index contributed by atoms with van der Waals surface area (Å²) < 4.78 is 1.55. The largest absolute Gasteiger partial charge is 0.312 e. The Bertz CT molecular complexity index is 1090. The van der Waals surface area contributed by atoms with Crippen molar-refractivity contribution in [2.24, 2.45) is 0 Å². The van der Waals surface area contributed by atoms with Crippen LogP contribution >= 0.6 is 11.6 Å². The molecule has 5 nitrogen and oxygen atoms in total. The minimum absolute atomic E-state index is 0.0790. The minimum atomic E-state index is -0.166. The number of nitrogens with zero attached hydrogens (tertiary/aromatic N) is 3. The Morgan fingerprint density at radius 2 is 1.89 bits per heavy atom. The third kappa shape index (κ3) is 3.38. The second-order valence-electron chi connectivity index (χ2n) is 6.63. The number of aryl methyl sites for hydroxylation is 1. The lowest BCUT2D eigenvalue weighted by Gasteiger charge is -2.18. The maximum Gasteiger partial charge on any atom is 0.255 e. The average Bonchev–Trinajstić information content (AvgIpc) is 3.08. The van der Waals surface area contributed by atoms with Crippen LogP contribution in [0.5, 0.6) is 0 Å². The molecule has 1 fully saturated rings. The standard InChI is InChI=1S/C21H18ClN3O2/c1-14-6-7-23-12-19(14)15-4-5-21(27)25(13-15)18-10-16(22)9-17(11-18)24-8-2-3-20(24)26/h4-7,9-13H,2-3,8H2,1H3. The fourth-order valence-electron chi connectivity index (χ4n) is 3.39. The number of carbonyl (C=O) groups excluding carboxylic acids is 1. The Labute approximate surface area is 161 Å². The van der Waals surface area contributed by atoms with Crippen LogP contribution < -0.4 is 10.5 Å². The predicted octanol–water partition coefficient (Wildman–Crippen LogP) is 3.99. The van der Waals surface area contributed by atoms with Crippen molar-refractivity contribution in [2.45, 2.75) is 19.8 Å². The van der Waals surface area contributed by atoms with Crippen molar-refractivity contribution in [3.8, 4) is 16.8 Å². The minimum Gasteiger partial charge on any atom is -0.312 e. The number of anilines is 1. The Balaban J connectivity index is 1.83. The summed E-state index contributed by atoms with van der Waals surface area (Å²) in [6.07, 6.45) is 6.68. The number of aromatic nitrogens is 2. The summed E-state index contributed by atoms with van der Waals surface area (Å²) >= 11 is 6.30. The van der Waals surface area contributed by atoms with Crippen molar-refractivity contribution in [1.29, 1.82) is 0 Å². The number of carbonyl (C=O) groups is 1. The molecule has 1 aromatic carbocycles. The second kappa shape index (κ2) is 7.00. The first-order chi connectivity index (χ1) is 13.0. The summed E-state index contributed by atoms with van der Waals surface area (Å²) in [4.78, 5) is 30.5. The van der Waals surface area contributed by atoms with E-state index in [9.17, 15) is 9.59 Å². The van der Waals surface area contributed by atoms with Gasteiger partial charge in [0.2, 0.25) is 5.91 Å². The third-order valence-electron chi connectivity index (χ3n) is 4.79. The summed E-state index contributed by atoms with van der Waals surface area (Å²) in [6.45, 7) is 2.67. The maximum atomic E-state index is 12.5. The van der Waals surface area contributed by atoms with Gasteiger partial charge in [-0.15, -0.1) is 0 Å². The fourth-order valence-corrected chi connectivity index (χ4v) is 3.61. The molecular formula is C21H18ClN3O2. The Hall–Kier alpha value is -2.92. The molecule has 3 aromatic rings. The Kier molecular flexibility index (Phi) is 4.54. The third-order valence-corrected chi connectivity index (χ3v) is 5.01. The van der Waals surface area contributed by atoms with E-state index in [2.05, 4.69) is 4.98 Å². The highest BCUT2D eigenvalue weighted by Gasteiger charge is 2.22. The van der Waals surface area contributed by atoms with Gasteiger partial charge in [0.1, 0.15) is 0 Å². The molecule has 136 valence electrons. The topological polar surface area (TPSA) is 55.2 Å². The molecule has 27 heavy (non-hydrogen) atoms. The van der Waals surface area contributed by atoms with Gasteiger partial charge in [-0.25, -0.2) is 0 Å². The molecule has 0 atom stereocenters. The van der Waals surface area contributed by atoms with Gasteiger partial charge in [0.15, 0.2) is 0 Å². The molecule has 0 saturated carbocycles. The number of halogens is 1.